The van der Waals surface area contributed by atoms with E-state index in [1.54, 1.807) is 19.1 Å². The van der Waals surface area contributed by atoms with Crippen LogP contribution in [-0.2, 0) is 0 Å². The van der Waals surface area contributed by atoms with Crippen LogP contribution in [0.5, 0.6) is 0 Å². The van der Waals surface area contributed by atoms with E-state index in [2.05, 4.69) is 26.1 Å². The zero-order valence-corrected chi connectivity index (χ0v) is 11.5. The lowest BCUT2D eigenvalue weighted by Gasteiger charge is -2.08. The number of hydrogen-bond acceptors (Lipinski definition) is 2. The van der Waals surface area contributed by atoms with Gasteiger partial charge in [-0.25, -0.2) is 4.39 Å². The van der Waals surface area contributed by atoms with Crippen LogP contribution in [0.1, 0.15) is 5.56 Å². The summed E-state index contributed by atoms with van der Waals surface area (Å²) in [6.07, 6.45) is 0. The predicted octanol–water partition coefficient (Wildman–Crippen LogP) is 3.35. The first kappa shape index (κ1) is 12.1. The van der Waals surface area contributed by atoms with Gasteiger partial charge < -0.3 is 4.90 Å². The molecule has 1 aromatic heterocycles. The molecule has 0 bridgehead atoms. The number of anilines is 1. The van der Waals surface area contributed by atoms with Crippen LogP contribution >= 0.6 is 15.9 Å². The molecule has 2 rings (SSSR count). The van der Waals surface area contributed by atoms with E-state index < -0.39 is 0 Å². The highest BCUT2D eigenvalue weighted by Crippen LogP contribution is 2.33. The first-order valence-electron chi connectivity index (χ1n) is 5.18. The van der Waals surface area contributed by atoms with Gasteiger partial charge in [0.1, 0.15) is 5.82 Å². The Morgan fingerprint density at radius 2 is 2.06 bits per heavy atom. The number of nitrogens with zero attached hydrogens (tertiary/aromatic N) is 2. The smallest absolute Gasteiger partial charge is 0.164 e. The average molecular weight is 298 g/mol. The first-order chi connectivity index (χ1) is 8.00. The van der Waals surface area contributed by atoms with E-state index in [0.717, 1.165) is 21.5 Å². The summed E-state index contributed by atoms with van der Waals surface area (Å²) in [4.78, 5) is 1.90. The van der Waals surface area contributed by atoms with Crippen LogP contribution in [0, 0.1) is 12.7 Å². The fourth-order valence-corrected chi connectivity index (χ4v) is 2.37. The second-order valence-electron chi connectivity index (χ2n) is 4.09. The Morgan fingerprint density at radius 1 is 1.35 bits per heavy atom. The lowest BCUT2D eigenvalue weighted by Crippen LogP contribution is -2.09. The van der Waals surface area contributed by atoms with Crippen molar-refractivity contribution in [3.05, 3.63) is 34.1 Å². The van der Waals surface area contributed by atoms with E-state index in [1.165, 1.54) is 6.07 Å². The summed E-state index contributed by atoms with van der Waals surface area (Å²) >= 11 is 3.50. The zero-order valence-electron chi connectivity index (χ0n) is 9.88. The molecule has 1 N–H and O–H groups in total. The third-order valence-corrected chi connectivity index (χ3v) is 3.31. The molecule has 90 valence electrons. The molecule has 0 fully saturated rings. The molecule has 3 nitrogen and oxygen atoms in total. The maximum absolute atomic E-state index is 13.2. The summed E-state index contributed by atoms with van der Waals surface area (Å²) < 4.78 is 14.1. The molecular formula is C12H13BrFN3. The molecule has 0 saturated heterocycles. The zero-order chi connectivity index (χ0) is 12.6. The standard InChI is InChI=1S/C12H13BrFN3/c1-7-6-8(4-5-9(7)14)11-10(13)12(16-15-11)17(2)3/h4-6H,1-3H3,(H,15,16). The molecule has 0 spiro atoms. The molecule has 0 aliphatic carbocycles. The Labute approximate surface area is 108 Å². The van der Waals surface area contributed by atoms with Crippen LogP contribution in [0.2, 0.25) is 0 Å². The summed E-state index contributed by atoms with van der Waals surface area (Å²) in [5.41, 5.74) is 2.39. The number of aromatic amines is 1. The van der Waals surface area contributed by atoms with Crippen molar-refractivity contribution in [3.63, 3.8) is 0 Å². The molecule has 0 amide bonds. The number of nitrogens with one attached hydrogen (secondary N) is 1. The first-order valence-corrected chi connectivity index (χ1v) is 5.97. The van der Waals surface area contributed by atoms with Crippen molar-refractivity contribution >= 4 is 21.7 Å². The Balaban J connectivity index is 2.50. The van der Waals surface area contributed by atoms with E-state index in [-0.39, 0.29) is 5.82 Å². The highest BCUT2D eigenvalue weighted by molar-refractivity contribution is 9.10. The van der Waals surface area contributed by atoms with Gasteiger partial charge in [0.15, 0.2) is 5.82 Å². The van der Waals surface area contributed by atoms with Gasteiger partial charge >= 0.3 is 0 Å². The van der Waals surface area contributed by atoms with Crippen LogP contribution in [0.3, 0.4) is 0 Å². The van der Waals surface area contributed by atoms with E-state index in [1.807, 2.05) is 19.0 Å². The summed E-state index contributed by atoms with van der Waals surface area (Å²) in [7, 11) is 3.83. The van der Waals surface area contributed by atoms with Crippen molar-refractivity contribution in [1.82, 2.24) is 10.2 Å². The minimum Gasteiger partial charge on any atom is -0.360 e. The molecule has 0 saturated carbocycles. The number of aromatic nitrogens is 2. The van der Waals surface area contributed by atoms with Crippen molar-refractivity contribution in [2.45, 2.75) is 6.92 Å². The lowest BCUT2D eigenvalue weighted by atomic mass is 10.1. The van der Waals surface area contributed by atoms with E-state index in [9.17, 15) is 4.39 Å². The molecule has 0 aliphatic rings. The fraction of sp³-hybridized carbons (Fsp3) is 0.250. The van der Waals surface area contributed by atoms with Crippen molar-refractivity contribution in [2.24, 2.45) is 0 Å². The quantitative estimate of drug-likeness (QED) is 0.922. The van der Waals surface area contributed by atoms with Gasteiger partial charge in [0.05, 0.1) is 10.2 Å². The molecule has 1 heterocycles. The fourth-order valence-electron chi connectivity index (χ4n) is 1.61. The molecule has 1 aromatic carbocycles. The Hall–Kier alpha value is -1.36. The average Bonchev–Trinajstić information content (AvgIpc) is 2.64. The van der Waals surface area contributed by atoms with Crippen LogP contribution in [0.4, 0.5) is 10.2 Å². The van der Waals surface area contributed by atoms with Gasteiger partial charge in [-0.1, -0.05) is 0 Å². The molecule has 0 radical (unpaired) electrons. The molecule has 5 heteroatoms. The molecule has 0 atom stereocenters. The SMILES string of the molecule is Cc1cc(-c2[nH]nc(N(C)C)c2Br)ccc1F. The maximum Gasteiger partial charge on any atom is 0.164 e. The van der Waals surface area contributed by atoms with Crippen molar-refractivity contribution in [3.8, 4) is 11.3 Å². The van der Waals surface area contributed by atoms with Gasteiger partial charge in [-0.2, -0.15) is 5.10 Å². The minimum absolute atomic E-state index is 0.197. The third-order valence-electron chi connectivity index (χ3n) is 2.56. The van der Waals surface area contributed by atoms with Crippen LogP contribution in [0.25, 0.3) is 11.3 Å². The van der Waals surface area contributed by atoms with Gasteiger partial charge in [0.2, 0.25) is 0 Å². The number of rotatable bonds is 2. The predicted molar refractivity (Wildman–Crippen MR) is 70.7 cm³/mol. The van der Waals surface area contributed by atoms with Crippen molar-refractivity contribution < 1.29 is 4.39 Å². The van der Waals surface area contributed by atoms with E-state index in [4.69, 9.17) is 0 Å². The van der Waals surface area contributed by atoms with Crippen molar-refractivity contribution in [2.75, 3.05) is 19.0 Å². The number of hydrogen-bond donors (Lipinski definition) is 1. The number of benzene rings is 1. The van der Waals surface area contributed by atoms with Crippen LogP contribution < -0.4 is 4.90 Å². The summed E-state index contributed by atoms with van der Waals surface area (Å²) in [5.74, 6) is 0.624. The van der Waals surface area contributed by atoms with E-state index in [0.29, 0.717) is 5.56 Å². The van der Waals surface area contributed by atoms with Gasteiger partial charge in [-0.15, -0.1) is 0 Å². The maximum atomic E-state index is 13.2. The Morgan fingerprint density at radius 3 is 2.59 bits per heavy atom. The van der Waals surface area contributed by atoms with Gasteiger partial charge in [0.25, 0.3) is 0 Å². The topological polar surface area (TPSA) is 31.9 Å². The summed E-state index contributed by atoms with van der Waals surface area (Å²) in [6, 6.07) is 5.00. The number of halogens is 2. The summed E-state index contributed by atoms with van der Waals surface area (Å²) in [5, 5.41) is 7.16. The molecule has 2 aromatic rings. The van der Waals surface area contributed by atoms with Gasteiger partial charge in [-0.3, -0.25) is 5.10 Å². The number of H-pyrrole nitrogens is 1. The van der Waals surface area contributed by atoms with Crippen LogP contribution in [0.15, 0.2) is 22.7 Å². The van der Waals surface area contributed by atoms with Gasteiger partial charge in [0, 0.05) is 19.7 Å². The van der Waals surface area contributed by atoms with Crippen molar-refractivity contribution in [1.29, 1.82) is 0 Å². The highest BCUT2D eigenvalue weighted by Gasteiger charge is 2.14. The second kappa shape index (κ2) is 4.49. The lowest BCUT2D eigenvalue weighted by molar-refractivity contribution is 0.619. The third kappa shape index (κ3) is 2.20. The number of aryl methyl sites for hydroxylation is 1. The largest absolute Gasteiger partial charge is 0.360 e. The molecule has 0 aliphatic heterocycles. The molecular weight excluding hydrogens is 285 g/mol. The Bertz CT molecular complexity index is 549. The summed E-state index contributed by atoms with van der Waals surface area (Å²) in [6.45, 7) is 1.75. The second-order valence-corrected chi connectivity index (χ2v) is 4.89. The Kier molecular flexibility index (Phi) is 3.19. The monoisotopic (exact) mass is 297 g/mol. The van der Waals surface area contributed by atoms with Crippen LogP contribution in [-0.4, -0.2) is 24.3 Å². The molecule has 0 unspecified atom stereocenters. The van der Waals surface area contributed by atoms with Gasteiger partial charge in [-0.05, 0) is 46.6 Å². The minimum atomic E-state index is -0.197. The highest BCUT2D eigenvalue weighted by atomic mass is 79.9. The van der Waals surface area contributed by atoms with E-state index >= 15 is 0 Å². The molecule has 17 heavy (non-hydrogen) atoms. The normalized spacial score (nSPS) is 10.6.